The summed E-state index contributed by atoms with van der Waals surface area (Å²) >= 11 is 0. The number of carbonyl (C=O) groups excluding carboxylic acids is 2. The molecule has 0 amide bonds. The van der Waals surface area contributed by atoms with Gasteiger partial charge in [-0.2, -0.15) is 0 Å². The summed E-state index contributed by atoms with van der Waals surface area (Å²) in [5.41, 5.74) is -1.67. The monoisotopic (exact) mass is 328 g/mol. The van der Waals surface area contributed by atoms with Gasteiger partial charge < -0.3 is 14.2 Å². The van der Waals surface area contributed by atoms with E-state index in [2.05, 4.69) is 6.92 Å². The summed E-state index contributed by atoms with van der Waals surface area (Å²) in [6.45, 7) is 7.96. The van der Waals surface area contributed by atoms with E-state index in [1.165, 1.54) is 33.5 Å². The molecule has 1 saturated heterocycles. The molecule has 23 heavy (non-hydrogen) atoms. The minimum Gasteiger partial charge on any atom is -0.388 e. The van der Waals surface area contributed by atoms with Crippen LogP contribution in [-0.2, 0) is 23.8 Å². The highest BCUT2D eigenvalue weighted by Crippen LogP contribution is 2.57. The summed E-state index contributed by atoms with van der Waals surface area (Å²) in [4.78, 5) is 25.0. The molecule has 1 fully saturated rings. The standard InChI is InChI=1S/C18H32O5/c1-7-8-9-10-11-12-13-17(16(2,3)4)14(19)23-15(20)18(17,21-5)22-6/h7-13H2,1-6H3. The SMILES string of the molecule is CCCCCCCCC1(C(C)(C)C)C(=O)OC(=O)C1(OC)OC. The van der Waals surface area contributed by atoms with Crippen LogP contribution in [0.3, 0.4) is 0 Å². The zero-order valence-electron chi connectivity index (χ0n) is 15.5. The van der Waals surface area contributed by atoms with Crippen LogP contribution in [0.2, 0.25) is 0 Å². The highest BCUT2D eigenvalue weighted by Gasteiger charge is 2.74. The highest BCUT2D eigenvalue weighted by molar-refractivity contribution is 6.03. The minimum atomic E-state index is -1.66. The van der Waals surface area contributed by atoms with Gasteiger partial charge in [0.15, 0.2) is 0 Å². The maximum Gasteiger partial charge on any atom is 0.375 e. The number of rotatable bonds is 9. The van der Waals surface area contributed by atoms with E-state index in [0.717, 1.165) is 19.3 Å². The van der Waals surface area contributed by atoms with Crippen LogP contribution in [0.5, 0.6) is 0 Å². The van der Waals surface area contributed by atoms with Crippen molar-refractivity contribution in [3.05, 3.63) is 0 Å². The van der Waals surface area contributed by atoms with Crippen molar-refractivity contribution < 1.29 is 23.8 Å². The number of esters is 2. The molecule has 1 aliphatic heterocycles. The largest absolute Gasteiger partial charge is 0.388 e. The van der Waals surface area contributed by atoms with Gasteiger partial charge in [-0.15, -0.1) is 0 Å². The Hall–Kier alpha value is -0.940. The van der Waals surface area contributed by atoms with Crippen LogP contribution < -0.4 is 0 Å². The van der Waals surface area contributed by atoms with Gasteiger partial charge in [-0.3, -0.25) is 4.79 Å². The van der Waals surface area contributed by atoms with Crippen molar-refractivity contribution in [1.29, 1.82) is 0 Å². The molecule has 1 atom stereocenters. The van der Waals surface area contributed by atoms with E-state index in [9.17, 15) is 9.59 Å². The minimum absolute atomic E-state index is 0.509. The van der Waals surface area contributed by atoms with Crippen molar-refractivity contribution in [2.24, 2.45) is 10.8 Å². The average Bonchev–Trinajstić information content (AvgIpc) is 2.70. The van der Waals surface area contributed by atoms with E-state index >= 15 is 0 Å². The Labute approximate surface area is 140 Å². The lowest BCUT2D eigenvalue weighted by atomic mass is 9.60. The van der Waals surface area contributed by atoms with Gasteiger partial charge in [0, 0.05) is 14.2 Å². The first-order valence-corrected chi connectivity index (χ1v) is 8.60. The third-order valence-electron chi connectivity index (χ3n) is 5.13. The second kappa shape index (κ2) is 7.75. The first kappa shape index (κ1) is 20.1. The zero-order valence-corrected chi connectivity index (χ0v) is 15.5. The van der Waals surface area contributed by atoms with Gasteiger partial charge in [0.1, 0.15) is 5.41 Å². The first-order chi connectivity index (χ1) is 10.7. The number of cyclic esters (lactones) is 2. The van der Waals surface area contributed by atoms with E-state index in [1.807, 2.05) is 20.8 Å². The van der Waals surface area contributed by atoms with E-state index in [-0.39, 0.29) is 0 Å². The summed E-state index contributed by atoms with van der Waals surface area (Å²) in [6, 6.07) is 0. The Morgan fingerprint density at radius 3 is 1.91 bits per heavy atom. The second-order valence-corrected chi connectivity index (χ2v) is 7.37. The topological polar surface area (TPSA) is 61.8 Å². The van der Waals surface area contributed by atoms with E-state index in [0.29, 0.717) is 6.42 Å². The molecule has 5 heteroatoms. The van der Waals surface area contributed by atoms with Gasteiger partial charge in [-0.25, -0.2) is 4.79 Å². The predicted molar refractivity (Wildman–Crippen MR) is 87.7 cm³/mol. The molecule has 1 heterocycles. The maximum absolute atomic E-state index is 12.6. The van der Waals surface area contributed by atoms with Crippen LogP contribution in [0.4, 0.5) is 0 Å². The van der Waals surface area contributed by atoms with Crippen molar-refractivity contribution in [2.75, 3.05) is 14.2 Å². The number of methoxy groups -OCH3 is 2. The summed E-state index contributed by atoms with van der Waals surface area (Å²) in [5.74, 6) is -2.94. The van der Waals surface area contributed by atoms with Crippen LogP contribution in [-0.4, -0.2) is 31.9 Å². The molecule has 5 nitrogen and oxygen atoms in total. The Balaban J connectivity index is 3.02. The van der Waals surface area contributed by atoms with Crippen molar-refractivity contribution in [3.63, 3.8) is 0 Å². The lowest BCUT2D eigenvalue weighted by Crippen LogP contribution is -2.60. The summed E-state index contributed by atoms with van der Waals surface area (Å²) in [5, 5.41) is 0. The van der Waals surface area contributed by atoms with Gasteiger partial charge in [0.2, 0.25) is 0 Å². The van der Waals surface area contributed by atoms with Gasteiger partial charge in [-0.05, 0) is 11.8 Å². The number of carbonyl (C=O) groups is 2. The molecule has 0 N–H and O–H groups in total. The molecule has 0 spiro atoms. The summed E-state index contributed by atoms with van der Waals surface area (Å²) in [6.07, 6.45) is 7.11. The third kappa shape index (κ3) is 3.31. The fourth-order valence-electron chi connectivity index (χ4n) is 3.76. The molecule has 0 radical (unpaired) electrons. The molecule has 0 aromatic heterocycles. The fraction of sp³-hybridized carbons (Fsp3) is 0.889. The molecule has 1 aliphatic rings. The smallest absolute Gasteiger partial charge is 0.375 e. The highest BCUT2D eigenvalue weighted by atomic mass is 16.7. The van der Waals surface area contributed by atoms with Crippen molar-refractivity contribution >= 4 is 11.9 Å². The molecule has 0 saturated carbocycles. The summed E-state index contributed by atoms with van der Waals surface area (Å²) < 4.78 is 15.9. The van der Waals surface area contributed by atoms with Crippen LogP contribution in [0, 0.1) is 10.8 Å². The molecule has 1 rings (SSSR count). The maximum atomic E-state index is 12.6. The molecule has 0 aromatic carbocycles. The Kier molecular flexibility index (Phi) is 6.78. The molecule has 0 aromatic rings. The second-order valence-electron chi connectivity index (χ2n) is 7.37. The normalized spacial score (nSPS) is 24.1. The van der Waals surface area contributed by atoms with E-state index < -0.39 is 28.6 Å². The number of hydrogen-bond acceptors (Lipinski definition) is 5. The van der Waals surface area contributed by atoms with Crippen LogP contribution >= 0.6 is 0 Å². The number of ether oxygens (including phenoxy) is 3. The predicted octanol–water partition coefficient (Wildman–Crippen LogP) is 3.84. The van der Waals surface area contributed by atoms with Crippen molar-refractivity contribution in [1.82, 2.24) is 0 Å². The van der Waals surface area contributed by atoms with Gasteiger partial charge in [0.25, 0.3) is 5.79 Å². The summed E-state index contributed by atoms with van der Waals surface area (Å²) in [7, 11) is 2.79. The quantitative estimate of drug-likeness (QED) is 0.278. The molecule has 134 valence electrons. The van der Waals surface area contributed by atoms with Crippen LogP contribution in [0.25, 0.3) is 0 Å². The van der Waals surface area contributed by atoms with E-state index in [1.54, 1.807) is 0 Å². The van der Waals surface area contributed by atoms with Crippen molar-refractivity contribution in [2.45, 2.75) is 78.4 Å². The number of unbranched alkanes of at least 4 members (excludes halogenated alkanes) is 5. The van der Waals surface area contributed by atoms with Crippen molar-refractivity contribution in [3.8, 4) is 0 Å². The lowest BCUT2D eigenvalue weighted by Gasteiger charge is -2.46. The molecule has 1 unspecified atom stereocenters. The van der Waals surface area contributed by atoms with Gasteiger partial charge >= 0.3 is 11.9 Å². The fourth-order valence-corrected chi connectivity index (χ4v) is 3.76. The number of hydrogen-bond donors (Lipinski definition) is 0. The molecule has 0 bridgehead atoms. The molecular formula is C18H32O5. The lowest BCUT2D eigenvalue weighted by molar-refractivity contribution is -0.266. The average molecular weight is 328 g/mol. The van der Waals surface area contributed by atoms with Gasteiger partial charge in [0.05, 0.1) is 0 Å². The molecular weight excluding hydrogens is 296 g/mol. The first-order valence-electron chi connectivity index (χ1n) is 8.60. The molecule has 0 aliphatic carbocycles. The zero-order chi connectivity index (χ0) is 17.7. The van der Waals surface area contributed by atoms with Crippen LogP contribution in [0.1, 0.15) is 72.6 Å². The third-order valence-corrected chi connectivity index (χ3v) is 5.13. The Morgan fingerprint density at radius 1 is 0.913 bits per heavy atom. The van der Waals surface area contributed by atoms with Crippen LogP contribution in [0.15, 0.2) is 0 Å². The van der Waals surface area contributed by atoms with E-state index in [4.69, 9.17) is 14.2 Å². The Morgan fingerprint density at radius 2 is 1.43 bits per heavy atom. The van der Waals surface area contributed by atoms with Gasteiger partial charge in [-0.1, -0.05) is 66.2 Å². The Bertz CT molecular complexity index is 420.